The van der Waals surface area contributed by atoms with Gasteiger partial charge in [0, 0.05) is 0 Å². The Bertz CT molecular complexity index is 603. The molecule has 0 aliphatic carbocycles. The molecule has 2 atom stereocenters. The third-order valence-electron chi connectivity index (χ3n) is 4.76. The van der Waals surface area contributed by atoms with Gasteiger partial charge in [0.05, 0.1) is 5.56 Å². The zero-order valence-corrected chi connectivity index (χ0v) is 15.9. The molecule has 1 aliphatic rings. The summed E-state index contributed by atoms with van der Waals surface area (Å²) < 4.78 is 5.62. The molecule has 1 aliphatic heterocycles. The number of carboxylic acids is 1. The molecule has 3 heteroatoms. The number of rotatable bonds is 13. The van der Waals surface area contributed by atoms with E-state index in [0.29, 0.717) is 5.56 Å². The lowest BCUT2D eigenvalue weighted by atomic mass is 10.1. The van der Waals surface area contributed by atoms with Gasteiger partial charge in [-0.15, -0.1) is 0 Å². The maximum atomic E-state index is 11.0. The molecule has 0 radical (unpaired) electrons. The summed E-state index contributed by atoms with van der Waals surface area (Å²) >= 11 is 0. The average molecular weight is 357 g/mol. The molecule has 0 saturated carbocycles. The van der Waals surface area contributed by atoms with Crippen LogP contribution in [-0.2, 0) is 4.74 Å². The van der Waals surface area contributed by atoms with E-state index in [9.17, 15) is 4.79 Å². The van der Waals surface area contributed by atoms with Gasteiger partial charge in [0.1, 0.15) is 12.2 Å². The van der Waals surface area contributed by atoms with E-state index in [1.54, 1.807) is 18.2 Å². The van der Waals surface area contributed by atoms with Gasteiger partial charge < -0.3 is 9.84 Å². The van der Waals surface area contributed by atoms with Gasteiger partial charge in [-0.25, -0.2) is 4.79 Å². The Labute approximate surface area is 157 Å². The zero-order valence-electron chi connectivity index (χ0n) is 15.9. The summed E-state index contributed by atoms with van der Waals surface area (Å²) in [5.41, 5.74) is 1.24. The predicted molar refractivity (Wildman–Crippen MR) is 107 cm³/mol. The molecule has 0 bridgehead atoms. The highest BCUT2D eigenvalue weighted by atomic mass is 16.6. The molecule has 1 saturated heterocycles. The molecule has 26 heavy (non-hydrogen) atoms. The molecule has 0 aromatic heterocycles. The van der Waals surface area contributed by atoms with Gasteiger partial charge in [-0.1, -0.05) is 88.3 Å². The number of ether oxygens (including phenoxy) is 1. The average Bonchev–Trinajstić information content (AvgIpc) is 3.42. The normalized spacial score (nSPS) is 19.4. The van der Waals surface area contributed by atoms with Gasteiger partial charge in [-0.3, -0.25) is 0 Å². The third kappa shape index (κ3) is 7.57. The molecular formula is C23H32O3. The summed E-state index contributed by atoms with van der Waals surface area (Å²) in [6.45, 7) is 2.26. The standard InChI is InChI=1S/C23H32O3/c1-2-3-4-5-6-7-8-9-10-11-12-13-17-21-22(26-21)19-15-14-16-20(18-19)23(24)25/h11-18,21-22H,2-10H2,1H3,(H,24,25). The van der Waals surface area contributed by atoms with Crippen LogP contribution in [0.3, 0.4) is 0 Å². The number of carboxylic acid groups (broad SMARTS) is 1. The van der Waals surface area contributed by atoms with E-state index >= 15 is 0 Å². The van der Waals surface area contributed by atoms with Crippen LogP contribution >= 0.6 is 0 Å². The van der Waals surface area contributed by atoms with Gasteiger partial charge in [-0.05, 0) is 30.5 Å². The minimum Gasteiger partial charge on any atom is -0.478 e. The highest BCUT2D eigenvalue weighted by Gasteiger charge is 2.37. The van der Waals surface area contributed by atoms with Crippen molar-refractivity contribution in [2.75, 3.05) is 0 Å². The number of aromatic carboxylic acids is 1. The van der Waals surface area contributed by atoms with Crippen LogP contribution in [0.25, 0.3) is 0 Å². The van der Waals surface area contributed by atoms with Crippen LogP contribution in [0.5, 0.6) is 0 Å². The Morgan fingerprint density at radius 3 is 2.54 bits per heavy atom. The second kappa shape index (κ2) is 11.7. The van der Waals surface area contributed by atoms with Gasteiger partial charge >= 0.3 is 5.97 Å². The van der Waals surface area contributed by atoms with Gasteiger partial charge in [-0.2, -0.15) is 0 Å². The molecular weight excluding hydrogens is 324 g/mol. The van der Waals surface area contributed by atoms with Crippen molar-refractivity contribution in [2.24, 2.45) is 0 Å². The molecule has 1 aromatic carbocycles. The molecule has 142 valence electrons. The van der Waals surface area contributed by atoms with Crippen LogP contribution < -0.4 is 0 Å². The SMILES string of the molecule is CCCCCCCCCCC=CC=CC1OC1c1cccc(C(=O)O)c1. The lowest BCUT2D eigenvalue weighted by Crippen LogP contribution is -1.97. The monoisotopic (exact) mass is 356 g/mol. The summed E-state index contributed by atoms with van der Waals surface area (Å²) in [5.74, 6) is -0.900. The molecule has 1 fully saturated rings. The number of allylic oxidation sites excluding steroid dienone is 3. The van der Waals surface area contributed by atoms with Crippen molar-refractivity contribution >= 4 is 5.97 Å². The fourth-order valence-corrected chi connectivity index (χ4v) is 3.13. The Morgan fingerprint density at radius 1 is 1.08 bits per heavy atom. The lowest BCUT2D eigenvalue weighted by molar-refractivity contribution is 0.0696. The first-order valence-corrected chi connectivity index (χ1v) is 10.0. The van der Waals surface area contributed by atoms with E-state index in [4.69, 9.17) is 9.84 Å². The Hall–Kier alpha value is -1.87. The zero-order chi connectivity index (χ0) is 18.6. The van der Waals surface area contributed by atoms with E-state index in [-0.39, 0.29) is 12.2 Å². The van der Waals surface area contributed by atoms with Crippen molar-refractivity contribution < 1.29 is 14.6 Å². The molecule has 0 amide bonds. The van der Waals surface area contributed by atoms with E-state index in [2.05, 4.69) is 19.1 Å². The molecule has 1 heterocycles. The number of carbonyl (C=O) groups is 1. The highest BCUT2D eigenvalue weighted by molar-refractivity contribution is 5.87. The van der Waals surface area contributed by atoms with Crippen LogP contribution in [0.4, 0.5) is 0 Å². The fraction of sp³-hybridized carbons (Fsp3) is 0.522. The first-order valence-electron chi connectivity index (χ1n) is 10.0. The number of unbranched alkanes of at least 4 members (excludes halogenated alkanes) is 8. The summed E-state index contributed by atoms with van der Waals surface area (Å²) in [4.78, 5) is 11.0. The maximum absolute atomic E-state index is 11.0. The van der Waals surface area contributed by atoms with E-state index in [1.165, 1.54) is 51.4 Å². The molecule has 2 rings (SSSR count). The molecule has 1 aromatic rings. The predicted octanol–water partition coefficient (Wildman–Crippen LogP) is 6.47. The number of benzene rings is 1. The van der Waals surface area contributed by atoms with Crippen LogP contribution in [0, 0.1) is 0 Å². The number of epoxide rings is 1. The van der Waals surface area contributed by atoms with Crippen molar-refractivity contribution in [3.63, 3.8) is 0 Å². The van der Waals surface area contributed by atoms with Crippen molar-refractivity contribution in [2.45, 2.75) is 76.9 Å². The molecule has 1 N–H and O–H groups in total. The third-order valence-corrected chi connectivity index (χ3v) is 4.76. The van der Waals surface area contributed by atoms with Crippen LogP contribution in [-0.4, -0.2) is 17.2 Å². The quantitative estimate of drug-likeness (QED) is 0.250. The van der Waals surface area contributed by atoms with E-state index in [0.717, 1.165) is 12.0 Å². The van der Waals surface area contributed by atoms with Gasteiger partial charge in [0.25, 0.3) is 0 Å². The van der Waals surface area contributed by atoms with Crippen LogP contribution in [0.15, 0.2) is 48.6 Å². The van der Waals surface area contributed by atoms with Crippen molar-refractivity contribution in [3.05, 3.63) is 59.7 Å². The molecule has 3 nitrogen and oxygen atoms in total. The molecule has 0 spiro atoms. The summed E-state index contributed by atoms with van der Waals surface area (Å²) in [5, 5.41) is 9.04. The second-order valence-corrected chi connectivity index (χ2v) is 7.03. The maximum Gasteiger partial charge on any atom is 0.335 e. The minimum absolute atomic E-state index is 0.00772. The Kier molecular flexibility index (Phi) is 9.19. The van der Waals surface area contributed by atoms with Crippen LogP contribution in [0.2, 0.25) is 0 Å². The highest BCUT2D eigenvalue weighted by Crippen LogP contribution is 2.39. The largest absolute Gasteiger partial charge is 0.478 e. The minimum atomic E-state index is -0.900. The van der Waals surface area contributed by atoms with Crippen LogP contribution in [0.1, 0.15) is 86.7 Å². The fourth-order valence-electron chi connectivity index (χ4n) is 3.13. The van der Waals surface area contributed by atoms with Gasteiger partial charge in [0.2, 0.25) is 0 Å². The van der Waals surface area contributed by atoms with E-state index in [1.807, 2.05) is 18.2 Å². The Balaban J connectivity index is 1.55. The van der Waals surface area contributed by atoms with Crippen molar-refractivity contribution in [1.82, 2.24) is 0 Å². The van der Waals surface area contributed by atoms with Gasteiger partial charge in [0.15, 0.2) is 0 Å². The first-order chi connectivity index (χ1) is 12.7. The van der Waals surface area contributed by atoms with E-state index < -0.39 is 5.97 Å². The summed E-state index contributed by atoms with van der Waals surface area (Å²) in [6.07, 6.45) is 20.4. The lowest BCUT2D eigenvalue weighted by Gasteiger charge is -1.99. The summed E-state index contributed by atoms with van der Waals surface area (Å²) in [6, 6.07) is 6.99. The number of hydrogen-bond acceptors (Lipinski definition) is 2. The summed E-state index contributed by atoms with van der Waals surface area (Å²) in [7, 11) is 0. The number of hydrogen-bond donors (Lipinski definition) is 1. The smallest absolute Gasteiger partial charge is 0.335 e. The molecule has 2 unspecified atom stereocenters. The topological polar surface area (TPSA) is 49.8 Å². The second-order valence-electron chi connectivity index (χ2n) is 7.03. The first kappa shape index (κ1) is 20.4. The van der Waals surface area contributed by atoms with Crippen molar-refractivity contribution in [1.29, 1.82) is 0 Å². The van der Waals surface area contributed by atoms with Crippen molar-refractivity contribution in [3.8, 4) is 0 Å². The Morgan fingerprint density at radius 2 is 1.81 bits per heavy atom.